The SMILES string of the molecule is CC1CC(C)C(O)(c2ccccc2)C(C)(C)N1C.Cl. The number of hydrogen-bond donors (Lipinski definition) is 1. The Hall–Kier alpha value is -0.570. The van der Waals surface area contributed by atoms with Crippen LogP contribution in [-0.4, -0.2) is 28.6 Å². The average molecular weight is 284 g/mol. The lowest BCUT2D eigenvalue weighted by atomic mass is 9.64. The Kier molecular flexibility index (Phi) is 4.71. The zero-order valence-electron chi connectivity index (χ0n) is 12.6. The highest BCUT2D eigenvalue weighted by Crippen LogP contribution is 2.48. The number of likely N-dealkylation sites (N-methyl/N-ethyl adjacent to an activating group) is 1. The first kappa shape index (κ1) is 16.5. The summed E-state index contributed by atoms with van der Waals surface area (Å²) < 4.78 is 0. The van der Waals surface area contributed by atoms with Crippen molar-refractivity contribution in [1.82, 2.24) is 4.90 Å². The summed E-state index contributed by atoms with van der Waals surface area (Å²) in [6, 6.07) is 10.6. The zero-order valence-corrected chi connectivity index (χ0v) is 13.4. The van der Waals surface area contributed by atoms with Crippen molar-refractivity contribution in [2.45, 2.75) is 51.3 Å². The molecule has 3 unspecified atom stereocenters. The van der Waals surface area contributed by atoms with E-state index in [0.717, 1.165) is 12.0 Å². The number of hydrogen-bond acceptors (Lipinski definition) is 2. The number of halogens is 1. The van der Waals surface area contributed by atoms with Crippen molar-refractivity contribution in [3.8, 4) is 0 Å². The second kappa shape index (κ2) is 5.43. The van der Waals surface area contributed by atoms with Crippen molar-refractivity contribution in [3.05, 3.63) is 35.9 Å². The third kappa shape index (κ3) is 2.31. The van der Waals surface area contributed by atoms with Crippen molar-refractivity contribution in [1.29, 1.82) is 0 Å². The molecule has 0 radical (unpaired) electrons. The normalized spacial score (nSPS) is 34.6. The van der Waals surface area contributed by atoms with Gasteiger partial charge in [-0.1, -0.05) is 37.3 Å². The maximum atomic E-state index is 11.4. The molecule has 108 valence electrons. The van der Waals surface area contributed by atoms with Crippen LogP contribution in [0.3, 0.4) is 0 Å². The van der Waals surface area contributed by atoms with E-state index in [1.165, 1.54) is 0 Å². The van der Waals surface area contributed by atoms with Crippen LogP contribution in [0.2, 0.25) is 0 Å². The molecule has 3 atom stereocenters. The fourth-order valence-corrected chi connectivity index (χ4v) is 3.59. The van der Waals surface area contributed by atoms with E-state index in [1.54, 1.807) is 0 Å². The van der Waals surface area contributed by atoms with E-state index >= 15 is 0 Å². The number of piperidine rings is 1. The maximum Gasteiger partial charge on any atom is 0.110 e. The first-order chi connectivity index (χ1) is 8.31. The van der Waals surface area contributed by atoms with Crippen molar-refractivity contribution < 1.29 is 5.11 Å². The van der Waals surface area contributed by atoms with Crippen LogP contribution in [-0.2, 0) is 5.60 Å². The van der Waals surface area contributed by atoms with Gasteiger partial charge in [0.15, 0.2) is 0 Å². The Morgan fingerprint density at radius 2 is 1.68 bits per heavy atom. The largest absolute Gasteiger partial charge is 0.383 e. The van der Waals surface area contributed by atoms with Gasteiger partial charge in [-0.3, -0.25) is 4.90 Å². The Morgan fingerprint density at radius 3 is 2.21 bits per heavy atom. The molecule has 1 heterocycles. The average Bonchev–Trinajstić information content (AvgIpc) is 2.35. The molecule has 0 amide bonds. The molecular formula is C16H26ClNO. The lowest BCUT2D eigenvalue weighted by Gasteiger charge is -2.58. The molecule has 0 aliphatic carbocycles. The number of nitrogens with zero attached hydrogens (tertiary/aromatic N) is 1. The van der Waals surface area contributed by atoms with E-state index < -0.39 is 5.60 Å². The predicted molar refractivity (Wildman–Crippen MR) is 82.7 cm³/mol. The molecule has 0 aromatic heterocycles. The molecule has 1 aromatic rings. The van der Waals surface area contributed by atoms with Crippen LogP contribution < -0.4 is 0 Å². The summed E-state index contributed by atoms with van der Waals surface area (Å²) in [4.78, 5) is 2.31. The van der Waals surface area contributed by atoms with Gasteiger partial charge in [0, 0.05) is 11.6 Å². The molecule has 1 N–H and O–H groups in total. The number of likely N-dealkylation sites (tertiary alicyclic amines) is 1. The minimum absolute atomic E-state index is 0. The van der Waals surface area contributed by atoms with Crippen LogP contribution in [0.4, 0.5) is 0 Å². The zero-order chi connectivity index (χ0) is 13.6. The third-order valence-electron chi connectivity index (χ3n) is 5.10. The van der Waals surface area contributed by atoms with Crippen molar-refractivity contribution >= 4 is 12.4 Å². The highest BCUT2D eigenvalue weighted by molar-refractivity contribution is 5.85. The molecule has 3 heteroatoms. The molecule has 0 saturated carbocycles. The van der Waals surface area contributed by atoms with E-state index in [0.29, 0.717) is 6.04 Å². The Balaban J connectivity index is 0.00000180. The number of benzene rings is 1. The Labute approximate surface area is 123 Å². The fraction of sp³-hybridized carbons (Fsp3) is 0.625. The molecule has 1 aliphatic heterocycles. The van der Waals surface area contributed by atoms with Crippen LogP contribution in [0.25, 0.3) is 0 Å². The summed E-state index contributed by atoms with van der Waals surface area (Å²) >= 11 is 0. The molecule has 2 rings (SSSR count). The highest BCUT2D eigenvalue weighted by Gasteiger charge is 2.55. The van der Waals surface area contributed by atoms with Crippen molar-refractivity contribution in [3.63, 3.8) is 0 Å². The van der Waals surface area contributed by atoms with Gasteiger partial charge < -0.3 is 5.11 Å². The quantitative estimate of drug-likeness (QED) is 0.853. The van der Waals surface area contributed by atoms with E-state index in [4.69, 9.17) is 0 Å². The van der Waals surface area contributed by atoms with Gasteiger partial charge >= 0.3 is 0 Å². The molecule has 1 fully saturated rings. The minimum atomic E-state index is -0.796. The summed E-state index contributed by atoms with van der Waals surface area (Å²) in [5.41, 5.74) is -0.0396. The first-order valence-corrected chi connectivity index (χ1v) is 6.82. The van der Waals surface area contributed by atoms with Gasteiger partial charge in [-0.25, -0.2) is 0 Å². The smallest absolute Gasteiger partial charge is 0.110 e. The summed E-state index contributed by atoms with van der Waals surface area (Å²) in [7, 11) is 2.12. The Morgan fingerprint density at radius 1 is 1.16 bits per heavy atom. The van der Waals surface area contributed by atoms with E-state index in [1.807, 2.05) is 30.3 Å². The maximum absolute atomic E-state index is 11.4. The standard InChI is InChI=1S/C16H25NO.ClH/c1-12-11-13(2)17(5)15(3,4)16(12,18)14-9-7-6-8-10-14;/h6-10,12-13,18H,11H2,1-5H3;1H. The molecule has 1 saturated heterocycles. The molecule has 1 aliphatic rings. The van der Waals surface area contributed by atoms with Crippen LogP contribution in [0, 0.1) is 5.92 Å². The molecule has 2 nitrogen and oxygen atoms in total. The number of rotatable bonds is 1. The molecule has 0 bridgehead atoms. The predicted octanol–water partition coefficient (Wildman–Crippen LogP) is 3.43. The lowest BCUT2D eigenvalue weighted by Crippen LogP contribution is -2.66. The summed E-state index contributed by atoms with van der Waals surface area (Å²) in [5.74, 6) is 0.251. The van der Waals surface area contributed by atoms with Crippen LogP contribution >= 0.6 is 12.4 Å². The monoisotopic (exact) mass is 283 g/mol. The summed E-state index contributed by atoms with van der Waals surface area (Å²) in [6.45, 7) is 8.69. The molecule has 19 heavy (non-hydrogen) atoms. The Bertz CT molecular complexity index is 420. The van der Waals surface area contributed by atoms with Gasteiger partial charge in [-0.15, -0.1) is 12.4 Å². The summed E-state index contributed by atoms with van der Waals surface area (Å²) in [5, 5.41) is 11.4. The van der Waals surface area contributed by atoms with E-state index in [-0.39, 0.29) is 23.9 Å². The second-order valence-electron chi connectivity index (χ2n) is 6.29. The van der Waals surface area contributed by atoms with Gasteiger partial charge in [0.05, 0.1) is 0 Å². The lowest BCUT2D eigenvalue weighted by molar-refractivity contribution is -0.175. The minimum Gasteiger partial charge on any atom is -0.383 e. The van der Waals surface area contributed by atoms with Crippen LogP contribution in [0.5, 0.6) is 0 Å². The summed E-state index contributed by atoms with van der Waals surface area (Å²) in [6.07, 6.45) is 1.02. The van der Waals surface area contributed by atoms with Gasteiger partial charge in [0.2, 0.25) is 0 Å². The first-order valence-electron chi connectivity index (χ1n) is 6.82. The van der Waals surface area contributed by atoms with Gasteiger partial charge in [-0.2, -0.15) is 0 Å². The third-order valence-corrected chi connectivity index (χ3v) is 5.10. The van der Waals surface area contributed by atoms with Crippen LogP contribution in [0.1, 0.15) is 39.7 Å². The van der Waals surface area contributed by atoms with Crippen molar-refractivity contribution in [2.24, 2.45) is 5.92 Å². The van der Waals surface area contributed by atoms with Gasteiger partial charge in [0.25, 0.3) is 0 Å². The van der Waals surface area contributed by atoms with Crippen LogP contribution in [0.15, 0.2) is 30.3 Å². The topological polar surface area (TPSA) is 23.5 Å². The second-order valence-corrected chi connectivity index (χ2v) is 6.29. The molecular weight excluding hydrogens is 258 g/mol. The van der Waals surface area contributed by atoms with E-state index in [2.05, 4.69) is 39.6 Å². The molecule has 0 spiro atoms. The fourth-order valence-electron chi connectivity index (χ4n) is 3.59. The number of aliphatic hydroxyl groups is 1. The highest BCUT2D eigenvalue weighted by atomic mass is 35.5. The van der Waals surface area contributed by atoms with Gasteiger partial charge in [-0.05, 0) is 45.7 Å². The van der Waals surface area contributed by atoms with Crippen molar-refractivity contribution in [2.75, 3.05) is 7.05 Å². The van der Waals surface area contributed by atoms with Gasteiger partial charge in [0.1, 0.15) is 5.60 Å². The molecule has 1 aromatic carbocycles. The van der Waals surface area contributed by atoms with E-state index in [9.17, 15) is 5.11 Å².